The van der Waals surface area contributed by atoms with Crippen molar-refractivity contribution in [2.75, 3.05) is 26.2 Å². The van der Waals surface area contributed by atoms with Crippen LogP contribution in [0.15, 0.2) is 18.2 Å². The van der Waals surface area contributed by atoms with E-state index in [1.165, 1.54) is 0 Å². The molecule has 1 atom stereocenters. The molecule has 116 valence electrons. The van der Waals surface area contributed by atoms with Gasteiger partial charge in [0.25, 0.3) is 0 Å². The van der Waals surface area contributed by atoms with Crippen LogP contribution in [0.4, 0.5) is 0 Å². The molecule has 1 aliphatic heterocycles. The number of nitrogens with zero attached hydrogens (tertiary/aromatic N) is 1. The first kappa shape index (κ1) is 16.4. The van der Waals surface area contributed by atoms with E-state index in [2.05, 4.69) is 4.90 Å². The zero-order valence-corrected chi connectivity index (χ0v) is 13.5. The topological polar surface area (TPSA) is 49.8 Å². The molecule has 1 N–H and O–H groups in total. The Morgan fingerprint density at radius 1 is 1.43 bits per heavy atom. The fraction of sp³-hybridized carbons (Fsp3) is 0.533. The van der Waals surface area contributed by atoms with Crippen molar-refractivity contribution in [3.63, 3.8) is 0 Å². The summed E-state index contributed by atoms with van der Waals surface area (Å²) < 4.78 is 5.64. The lowest BCUT2D eigenvalue weighted by Gasteiger charge is -2.23. The molecule has 1 aromatic rings. The molecule has 1 saturated heterocycles. The molecule has 0 amide bonds. The van der Waals surface area contributed by atoms with Crippen LogP contribution in [0.5, 0.6) is 5.75 Å². The van der Waals surface area contributed by atoms with Gasteiger partial charge in [0, 0.05) is 13.1 Å². The van der Waals surface area contributed by atoms with Crippen LogP contribution in [-0.2, 0) is 4.79 Å². The quantitative estimate of drug-likeness (QED) is 0.865. The Morgan fingerprint density at radius 3 is 2.62 bits per heavy atom. The maximum absolute atomic E-state index is 11.4. The Morgan fingerprint density at radius 2 is 2.10 bits per heavy atom. The maximum Gasteiger partial charge on any atom is 0.310 e. The number of hydrogen-bond acceptors (Lipinski definition) is 3. The maximum atomic E-state index is 11.4. The standard InChI is InChI=1S/C15H19Cl2NO3/c1-2-15(14(19)20)6-7-18(10-15)8-9-21-13-11(16)4-3-5-12(13)17/h3-5H,2,6-10H2,1H3,(H,19,20). The van der Waals surface area contributed by atoms with Gasteiger partial charge in [0.1, 0.15) is 6.61 Å². The summed E-state index contributed by atoms with van der Waals surface area (Å²) >= 11 is 12.1. The number of aliphatic carboxylic acids is 1. The summed E-state index contributed by atoms with van der Waals surface area (Å²) in [6.07, 6.45) is 1.34. The number of para-hydroxylation sites is 1. The predicted octanol–water partition coefficient (Wildman–Crippen LogP) is 3.56. The van der Waals surface area contributed by atoms with Gasteiger partial charge in [-0.25, -0.2) is 0 Å². The normalized spacial score (nSPS) is 22.4. The van der Waals surface area contributed by atoms with Crippen LogP contribution in [0, 0.1) is 5.41 Å². The summed E-state index contributed by atoms with van der Waals surface area (Å²) in [6.45, 7) is 4.37. The van der Waals surface area contributed by atoms with E-state index in [9.17, 15) is 9.90 Å². The van der Waals surface area contributed by atoms with Gasteiger partial charge in [0.15, 0.2) is 5.75 Å². The van der Waals surface area contributed by atoms with Gasteiger partial charge in [-0.2, -0.15) is 0 Å². The summed E-state index contributed by atoms with van der Waals surface area (Å²) in [5.41, 5.74) is -0.609. The molecule has 1 heterocycles. The number of rotatable bonds is 6. The SMILES string of the molecule is CCC1(C(=O)O)CCN(CCOc2c(Cl)cccc2Cl)C1. The van der Waals surface area contributed by atoms with Crippen LogP contribution < -0.4 is 4.74 Å². The third-order valence-corrected chi connectivity index (χ3v) is 4.73. The van der Waals surface area contributed by atoms with Gasteiger partial charge >= 0.3 is 5.97 Å². The van der Waals surface area contributed by atoms with E-state index < -0.39 is 11.4 Å². The molecule has 2 rings (SSSR count). The first-order valence-electron chi connectivity index (χ1n) is 7.01. The largest absolute Gasteiger partial charge is 0.489 e. The molecule has 1 aromatic carbocycles. The second kappa shape index (κ2) is 6.86. The number of carbonyl (C=O) groups is 1. The third kappa shape index (κ3) is 3.62. The molecule has 0 saturated carbocycles. The summed E-state index contributed by atoms with van der Waals surface area (Å²) in [5.74, 6) is -0.220. The highest BCUT2D eigenvalue weighted by molar-refractivity contribution is 6.37. The van der Waals surface area contributed by atoms with E-state index in [0.717, 1.165) is 6.54 Å². The van der Waals surface area contributed by atoms with Gasteiger partial charge in [-0.05, 0) is 31.5 Å². The van der Waals surface area contributed by atoms with Crippen LogP contribution in [-0.4, -0.2) is 42.2 Å². The molecule has 0 bridgehead atoms. The second-order valence-corrected chi connectivity index (χ2v) is 6.18. The molecule has 0 aliphatic carbocycles. The lowest BCUT2D eigenvalue weighted by Crippen LogP contribution is -2.35. The predicted molar refractivity (Wildman–Crippen MR) is 83.4 cm³/mol. The molecule has 0 spiro atoms. The van der Waals surface area contributed by atoms with Gasteiger partial charge in [0.2, 0.25) is 0 Å². The molecule has 0 radical (unpaired) electrons. The van der Waals surface area contributed by atoms with Crippen molar-refractivity contribution in [2.45, 2.75) is 19.8 Å². The zero-order chi connectivity index (χ0) is 15.5. The average Bonchev–Trinajstić information content (AvgIpc) is 2.87. The average molecular weight is 332 g/mol. The van der Waals surface area contributed by atoms with Crippen molar-refractivity contribution in [3.05, 3.63) is 28.2 Å². The lowest BCUT2D eigenvalue weighted by molar-refractivity contribution is -0.148. The van der Waals surface area contributed by atoms with Crippen molar-refractivity contribution < 1.29 is 14.6 Å². The van der Waals surface area contributed by atoms with Crippen molar-refractivity contribution in [3.8, 4) is 5.75 Å². The fourth-order valence-corrected chi connectivity index (χ4v) is 3.17. The Kier molecular flexibility index (Phi) is 5.36. The van der Waals surface area contributed by atoms with E-state index in [4.69, 9.17) is 27.9 Å². The highest BCUT2D eigenvalue weighted by Gasteiger charge is 2.42. The summed E-state index contributed by atoms with van der Waals surface area (Å²) in [4.78, 5) is 13.5. The molecule has 1 aliphatic rings. The van der Waals surface area contributed by atoms with Crippen molar-refractivity contribution in [1.82, 2.24) is 4.90 Å². The van der Waals surface area contributed by atoms with E-state index in [-0.39, 0.29) is 0 Å². The number of hydrogen-bond donors (Lipinski definition) is 1. The van der Waals surface area contributed by atoms with E-state index in [1.807, 2.05) is 6.92 Å². The van der Waals surface area contributed by atoms with Gasteiger partial charge < -0.3 is 9.84 Å². The highest BCUT2D eigenvalue weighted by Crippen LogP contribution is 2.35. The Hall–Kier alpha value is -0.970. The van der Waals surface area contributed by atoms with Gasteiger partial charge in [-0.1, -0.05) is 36.2 Å². The van der Waals surface area contributed by atoms with Gasteiger partial charge in [-0.15, -0.1) is 0 Å². The van der Waals surface area contributed by atoms with E-state index >= 15 is 0 Å². The van der Waals surface area contributed by atoms with Crippen molar-refractivity contribution in [1.29, 1.82) is 0 Å². The number of carboxylic acid groups (broad SMARTS) is 1. The van der Waals surface area contributed by atoms with Gasteiger partial charge in [-0.3, -0.25) is 9.69 Å². The minimum Gasteiger partial charge on any atom is -0.489 e. The summed E-state index contributed by atoms with van der Waals surface area (Å²) in [5, 5.41) is 10.3. The zero-order valence-electron chi connectivity index (χ0n) is 11.9. The Bertz CT molecular complexity index is 503. The highest BCUT2D eigenvalue weighted by atomic mass is 35.5. The number of ether oxygens (including phenoxy) is 1. The minimum absolute atomic E-state index is 0.433. The van der Waals surface area contributed by atoms with Crippen LogP contribution in [0.2, 0.25) is 10.0 Å². The van der Waals surface area contributed by atoms with Gasteiger partial charge in [0.05, 0.1) is 15.5 Å². The molecule has 1 unspecified atom stereocenters. The number of benzene rings is 1. The summed E-state index contributed by atoms with van der Waals surface area (Å²) in [7, 11) is 0. The number of halogens is 2. The monoisotopic (exact) mass is 331 g/mol. The lowest BCUT2D eigenvalue weighted by atomic mass is 9.84. The number of likely N-dealkylation sites (tertiary alicyclic amines) is 1. The fourth-order valence-electron chi connectivity index (χ4n) is 2.66. The molecule has 21 heavy (non-hydrogen) atoms. The van der Waals surface area contributed by atoms with Crippen molar-refractivity contribution >= 4 is 29.2 Å². The third-order valence-electron chi connectivity index (χ3n) is 4.14. The first-order chi connectivity index (χ1) is 9.98. The van der Waals surface area contributed by atoms with Crippen molar-refractivity contribution in [2.24, 2.45) is 5.41 Å². The van der Waals surface area contributed by atoms with Crippen LogP contribution in [0.3, 0.4) is 0 Å². The first-order valence-corrected chi connectivity index (χ1v) is 7.76. The molecule has 0 aromatic heterocycles. The molecular formula is C15H19Cl2NO3. The van der Waals surface area contributed by atoms with Crippen LogP contribution in [0.25, 0.3) is 0 Å². The smallest absolute Gasteiger partial charge is 0.310 e. The van der Waals surface area contributed by atoms with Crippen LogP contribution >= 0.6 is 23.2 Å². The molecular weight excluding hydrogens is 313 g/mol. The van der Waals surface area contributed by atoms with E-state index in [1.54, 1.807) is 18.2 Å². The second-order valence-electron chi connectivity index (χ2n) is 5.36. The number of carboxylic acids is 1. The molecule has 4 nitrogen and oxygen atoms in total. The molecule has 6 heteroatoms. The van der Waals surface area contributed by atoms with Crippen LogP contribution in [0.1, 0.15) is 19.8 Å². The van der Waals surface area contributed by atoms with E-state index in [0.29, 0.717) is 48.3 Å². The Labute approximate surface area is 134 Å². The summed E-state index contributed by atoms with van der Waals surface area (Å²) in [6, 6.07) is 5.22. The Balaban J connectivity index is 1.87. The molecule has 1 fully saturated rings. The minimum atomic E-state index is -0.706.